The molecule has 0 saturated heterocycles. The minimum atomic E-state index is -0.0660. The summed E-state index contributed by atoms with van der Waals surface area (Å²) < 4.78 is 0. The fourth-order valence-electron chi connectivity index (χ4n) is 2.45. The first kappa shape index (κ1) is 14.1. The van der Waals surface area contributed by atoms with Crippen LogP contribution in [0.3, 0.4) is 0 Å². The molecule has 1 aromatic heterocycles. The van der Waals surface area contributed by atoms with Crippen LogP contribution in [-0.2, 0) is 11.2 Å². The number of carbonyl (C=O) groups excluding carboxylic acids is 1. The lowest BCUT2D eigenvalue weighted by atomic mass is 10.1. The Kier molecular flexibility index (Phi) is 4.35. The summed E-state index contributed by atoms with van der Waals surface area (Å²) in [4.78, 5) is 15.0. The number of nitrogens with one attached hydrogen (secondary N) is 2. The van der Waals surface area contributed by atoms with Gasteiger partial charge in [-0.1, -0.05) is 48.5 Å². The molecule has 2 N–H and O–H groups in total. The molecular formula is C19H18N2O. The molecule has 0 aliphatic rings. The molecule has 0 radical (unpaired) electrons. The van der Waals surface area contributed by atoms with Gasteiger partial charge in [0.2, 0.25) is 5.91 Å². The van der Waals surface area contributed by atoms with Crippen LogP contribution in [0.2, 0.25) is 0 Å². The standard InChI is InChI=1S/C19H18N2O/c22-19(11-10-15-6-2-1-3-7-15)20-13-12-16-14-21-18-9-5-4-8-17(16)18/h1-11,14,21H,12-13H2,(H,20,22). The van der Waals surface area contributed by atoms with Crippen molar-refractivity contribution in [2.45, 2.75) is 6.42 Å². The minimum absolute atomic E-state index is 0.0660. The van der Waals surface area contributed by atoms with E-state index >= 15 is 0 Å². The average molecular weight is 290 g/mol. The highest BCUT2D eigenvalue weighted by molar-refractivity contribution is 5.91. The Hall–Kier alpha value is -2.81. The van der Waals surface area contributed by atoms with Gasteiger partial charge in [0, 0.05) is 29.7 Å². The summed E-state index contributed by atoms with van der Waals surface area (Å²) in [6.07, 6.45) is 6.22. The third kappa shape index (κ3) is 3.44. The summed E-state index contributed by atoms with van der Waals surface area (Å²) in [6.45, 7) is 0.625. The molecule has 0 fully saturated rings. The van der Waals surface area contributed by atoms with Gasteiger partial charge >= 0.3 is 0 Å². The summed E-state index contributed by atoms with van der Waals surface area (Å²) in [5, 5.41) is 4.14. The second-order valence-corrected chi connectivity index (χ2v) is 5.14. The first-order valence-electron chi connectivity index (χ1n) is 7.39. The number of fused-ring (bicyclic) bond motifs is 1. The van der Waals surface area contributed by atoms with Gasteiger partial charge in [-0.3, -0.25) is 4.79 Å². The van der Waals surface area contributed by atoms with Crippen molar-refractivity contribution in [2.75, 3.05) is 6.54 Å². The molecular weight excluding hydrogens is 272 g/mol. The molecule has 2 aromatic carbocycles. The van der Waals surface area contributed by atoms with Gasteiger partial charge < -0.3 is 10.3 Å². The lowest BCUT2D eigenvalue weighted by Crippen LogP contribution is -2.23. The van der Waals surface area contributed by atoms with Crippen molar-refractivity contribution in [3.63, 3.8) is 0 Å². The quantitative estimate of drug-likeness (QED) is 0.694. The van der Waals surface area contributed by atoms with Gasteiger partial charge in [0.25, 0.3) is 0 Å². The molecule has 3 rings (SSSR count). The van der Waals surface area contributed by atoms with Crippen LogP contribution >= 0.6 is 0 Å². The maximum absolute atomic E-state index is 11.8. The summed E-state index contributed by atoms with van der Waals surface area (Å²) >= 11 is 0. The van der Waals surface area contributed by atoms with E-state index in [2.05, 4.69) is 22.4 Å². The average Bonchev–Trinajstić information content (AvgIpc) is 2.97. The summed E-state index contributed by atoms with van der Waals surface area (Å²) in [7, 11) is 0. The number of carbonyl (C=O) groups is 1. The summed E-state index contributed by atoms with van der Waals surface area (Å²) in [5.74, 6) is -0.0660. The van der Waals surface area contributed by atoms with E-state index in [1.807, 2.05) is 54.7 Å². The molecule has 22 heavy (non-hydrogen) atoms. The number of rotatable bonds is 5. The van der Waals surface area contributed by atoms with Crippen molar-refractivity contribution in [3.05, 3.63) is 78.0 Å². The van der Waals surface area contributed by atoms with E-state index in [1.54, 1.807) is 6.08 Å². The van der Waals surface area contributed by atoms with E-state index < -0.39 is 0 Å². The highest BCUT2D eigenvalue weighted by atomic mass is 16.1. The van der Waals surface area contributed by atoms with E-state index in [-0.39, 0.29) is 5.91 Å². The number of para-hydroxylation sites is 1. The van der Waals surface area contributed by atoms with Crippen molar-refractivity contribution < 1.29 is 4.79 Å². The Morgan fingerprint density at radius 2 is 1.82 bits per heavy atom. The van der Waals surface area contributed by atoms with Crippen LogP contribution in [0.5, 0.6) is 0 Å². The van der Waals surface area contributed by atoms with Crippen LogP contribution in [0.4, 0.5) is 0 Å². The molecule has 3 aromatic rings. The van der Waals surface area contributed by atoms with Crippen molar-refractivity contribution in [3.8, 4) is 0 Å². The number of hydrogen-bond donors (Lipinski definition) is 2. The zero-order valence-corrected chi connectivity index (χ0v) is 12.3. The first-order valence-corrected chi connectivity index (χ1v) is 7.39. The zero-order valence-electron chi connectivity index (χ0n) is 12.3. The second kappa shape index (κ2) is 6.76. The molecule has 1 amide bonds. The normalized spacial score (nSPS) is 11.1. The summed E-state index contributed by atoms with van der Waals surface area (Å²) in [5.41, 5.74) is 3.38. The van der Waals surface area contributed by atoms with Gasteiger partial charge in [0.1, 0.15) is 0 Å². The molecule has 1 heterocycles. The zero-order chi connectivity index (χ0) is 15.2. The van der Waals surface area contributed by atoms with E-state index in [0.29, 0.717) is 6.54 Å². The van der Waals surface area contributed by atoms with E-state index in [4.69, 9.17) is 0 Å². The lowest BCUT2D eigenvalue weighted by molar-refractivity contribution is -0.116. The van der Waals surface area contributed by atoms with Gasteiger partial charge in [-0.15, -0.1) is 0 Å². The Morgan fingerprint density at radius 1 is 1.05 bits per heavy atom. The van der Waals surface area contributed by atoms with Crippen LogP contribution in [0.25, 0.3) is 17.0 Å². The molecule has 0 atom stereocenters. The predicted molar refractivity (Wildman–Crippen MR) is 90.5 cm³/mol. The van der Waals surface area contributed by atoms with Gasteiger partial charge in [-0.05, 0) is 29.7 Å². The molecule has 0 saturated carbocycles. The van der Waals surface area contributed by atoms with Gasteiger partial charge in [-0.2, -0.15) is 0 Å². The number of H-pyrrole nitrogens is 1. The SMILES string of the molecule is O=C(C=Cc1ccccc1)NCCc1c[nH]c2ccccc12. The Morgan fingerprint density at radius 3 is 2.68 bits per heavy atom. The van der Waals surface area contributed by atoms with E-state index in [9.17, 15) is 4.79 Å². The maximum Gasteiger partial charge on any atom is 0.244 e. The minimum Gasteiger partial charge on any atom is -0.361 e. The summed E-state index contributed by atoms with van der Waals surface area (Å²) in [6, 6.07) is 18.0. The van der Waals surface area contributed by atoms with Gasteiger partial charge in [-0.25, -0.2) is 0 Å². The molecule has 110 valence electrons. The first-order chi connectivity index (χ1) is 10.8. The van der Waals surface area contributed by atoms with Crippen LogP contribution in [-0.4, -0.2) is 17.4 Å². The molecule has 0 spiro atoms. The van der Waals surface area contributed by atoms with Crippen LogP contribution < -0.4 is 5.32 Å². The highest BCUT2D eigenvalue weighted by Crippen LogP contribution is 2.17. The number of amides is 1. The molecule has 0 bridgehead atoms. The van der Waals surface area contributed by atoms with Crippen molar-refractivity contribution >= 4 is 22.9 Å². The topological polar surface area (TPSA) is 44.9 Å². The third-order valence-corrected chi connectivity index (χ3v) is 3.60. The smallest absolute Gasteiger partial charge is 0.244 e. The second-order valence-electron chi connectivity index (χ2n) is 5.14. The highest BCUT2D eigenvalue weighted by Gasteiger charge is 2.03. The molecule has 3 heteroatoms. The van der Waals surface area contributed by atoms with Crippen LogP contribution in [0.15, 0.2) is 66.9 Å². The molecule has 3 nitrogen and oxygen atoms in total. The fraction of sp³-hybridized carbons (Fsp3) is 0.105. The number of aromatic nitrogens is 1. The monoisotopic (exact) mass is 290 g/mol. The van der Waals surface area contributed by atoms with Crippen LogP contribution in [0.1, 0.15) is 11.1 Å². The molecule has 0 unspecified atom stereocenters. The van der Waals surface area contributed by atoms with Gasteiger partial charge in [0.05, 0.1) is 0 Å². The third-order valence-electron chi connectivity index (χ3n) is 3.60. The van der Waals surface area contributed by atoms with Crippen molar-refractivity contribution in [1.29, 1.82) is 0 Å². The molecule has 0 aliphatic carbocycles. The molecule has 0 aliphatic heterocycles. The van der Waals surface area contributed by atoms with E-state index in [1.165, 1.54) is 10.9 Å². The van der Waals surface area contributed by atoms with Crippen molar-refractivity contribution in [1.82, 2.24) is 10.3 Å². The Balaban J connectivity index is 1.52. The number of hydrogen-bond acceptors (Lipinski definition) is 1. The largest absolute Gasteiger partial charge is 0.361 e. The predicted octanol–water partition coefficient (Wildman–Crippen LogP) is 3.54. The van der Waals surface area contributed by atoms with Crippen molar-refractivity contribution in [2.24, 2.45) is 0 Å². The lowest BCUT2D eigenvalue weighted by Gasteiger charge is -2.01. The van der Waals surface area contributed by atoms with Gasteiger partial charge in [0.15, 0.2) is 0 Å². The number of benzene rings is 2. The Bertz CT molecular complexity index is 787. The number of aromatic amines is 1. The van der Waals surface area contributed by atoms with Crippen LogP contribution in [0, 0.1) is 0 Å². The van der Waals surface area contributed by atoms with E-state index in [0.717, 1.165) is 17.5 Å². The fourth-order valence-corrected chi connectivity index (χ4v) is 2.45. The maximum atomic E-state index is 11.8. The Labute approximate surface area is 129 Å².